The molecule has 0 bridgehead atoms. The topological polar surface area (TPSA) is 61.8 Å². The number of benzene rings is 1. The van der Waals surface area contributed by atoms with Crippen LogP contribution in [0.3, 0.4) is 0 Å². The van der Waals surface area contributed by atoms with Gasteiger partial charge in [-0.2, -0.15) is 0 Å². The van der Waals surface area contributed by atoms with E-state index >= 15 is 0 Å². The van der Waals surface area contributed by atoms with Crippen LogP contribution in [0.4, 0.5) is 4.79 Å². The Morgan fingerprint density at radius 2 is 2.27 bits per heavy atom. The Kier molecular flexibility index (Phi) is 4.25. The van der Waals surface area contributed by atoms with Crippen molar-refractivity contribution >= 4 is 6.03 Å². The van der Waals surface area contributed by atoms with Crippen molar-refractivity contribution in [3.8, 4) is 5.75 Å². The number of carbonyl (C=O) groups is 1. The van der Waals surface area contributed by atoms with Crippen molar-refractivity contribution in [3.63, 3.8) is 0 Å². The predicted molar refractivity (Wildman–Crippen MR) is 83.7 cm³/mol. The number of hydrogen-bond donors (Lipinski definition) is 2. The highest BCUT2D eigenvalue weighted by atomic mass is 16.5. The molecule has 1 saturated carbocycles. The predicted octanol–water partition coefficient (Wildman–Crippen LogP) is 2.42. The fraction of sp³-hybridized carbons (Fsp3) is 0.588. The normalized spacial score (nSPS) is 18.9. The average Bonchev–Trinajstić information content (AvgIpc) is 3.29. The summed E-state index contributed by atoms with van der Waals surface area (Å²) in [5.74, 6) is 0.808. The van der Waals surface area contributed by atoms with E-state index in [4.69, 9.17) is 4.74 Å². The molecule has 22 heavy (non-hydrogen) atoms. The van der Waals surface area contributed by atoms with Gasteiger partial charge in [0.25, 0.3) is 0 Å². The van der Waals surface area contributed by atoms with Gasteiger partial charge in [-0.25, -0.2) is 4.79 Å². The molecule has 2 amide bonds. The van der Waals surface area contributed by atoms with Gasteiger partial charge in [-0.1, -0.05) is 19.4 Å². The maximum atomic E-state index is 12.6. The molecule has 1 fully saturated rings. The van der Waals surface area contributed by atoms with Gasteiger partial charge in [0.1, 0.15) is 12.4 Å². The minimum Gasteiger partial charge on any atom is -0.491 e. The summed E-state index contributed by atoms with van der Waals surface area (Å²) in [5.41, 5.74) is 1.84. The smallest absolute Gasteiger partial charge is 0.318 e. The minimum atomic E-state index is -0.00296. The van der Waals surface area contributed by atoms with Crippen molar-refractivity contribution in [2.24, 2.45) is 0 Å². The lowest BCUT2D eigenvalue weighted by molar-refractivity contribution is 0.181. The molecule has 0 spiro atoms. The van der Waals surface area contributed by atoms with Crippen molar-refractivity contribution in [1.82, 2.24) is 10.2 Å². The number of aliphatic hydroxyl groups is 1. The first-order valence-electron chi connectivity index (χ1n) is 8.08. The van der Waals surface area contributed by atoms with Crippen molar-refractivity contribution in [1.29, 1.82) is 0 Å². The third kappa shape index (κ3) is 3.19. The highest BCUT2D eigenvalue weighted by molar-refractivity contribution is 5.75. The Bertz CT molecular complexity index is 555. The molecule has 0 saturated heterocycles. The molecule has 2 aliphatic rings. The average molecular weight is 304 g/mol. The molecule has 2 N–H and O–H groups in total. The van der Waals surface area contributed by atoms with Gasteiger partial charge in [-0.05, 0) is 37.0 Å². The summed E-state index contributed by atoms with van der Waals surface area (Å²) in [6, 6.07) is 5.65. The third-order valence-corrected chi connectivity index (χ3v) is 4.53. The van der Waals surface area contributed by atoms with Gasteiger partial charge in [0.05, 0.1) is 19.7 Å². The molecule has 1 aliphatic heterocycles. The molecule has 1 aliphatic carbocycles. The van der Waals surface area contributed by atoms with Gasteiger partial charge in [-0.3, -0.25) is 0 Å². The Hall–Kier alpha value is -1.75. The Morgan fingerprint density at radius 1 is 1.45 bits per heavy atom. The van der Waals surface area contributed by atoms with Crippen LogP contribution in [0.25, 0.3) is 0 Å². The van der Waals surface area contributed by atoms with Crippen LogP contribution in [0.5, 0.6) is 5.75 Å². The summed E-state index contributed by atoms with van der Waals surface area (Å²) in [7, 11) is 0. The van der Waals surface area contributed by atoms with Gasteiger partial charge in [-0.15, -0.1) is 0 Å². The molecule has 0 aromatic heterocycles. The third-order valence-electron chi connectivity index (χ3n) is 4.53. The van der Waals surface area contributed by atoms with Crippen LogP contribution in [-0.4, -0.2) is 34.7 Å². The number of urea groups is 1. The van der Waals surface area contributed by atoms with E-state index in [0.717, 1.165) is 42.6 Å². The van der Waals surface area contributed by atoms with E-state index in [1.165, 1.54) is 0 Å². The zero-order chi connectivity index (χ0) is 15.6. The maximum absolute atomic E-state index is 12.6. The number of amides is 2. The summed E-state index contributed by atoms with van der Waals surface area (Å²) in [4.78, 5) is 14.4. The van der Waals surface area contributed by atoms with Crippen LogP contribution in [0.15, 0.2) is 18.2 Å². The molecule has 5 heteroatoms. The van der Waals surface area contributed by atoms with Crippen LogP contribution in [0, 0.1) is 0 Å². The summed E-state index contributed by atoms with van der Waals surface area (Å²) in [5, 5.41) is 12.5. The SMILES string of the molecule is CCCC1(NC(=O)N2CCOc3ccc(CO)cc3C2)CC1. The maximum Gasteiger partial charge on any atom is 0.318 e. The second-order valence-electron chi connectivity index (χ2n) is 6.33. The van der Waals surface area contributed by atoms with E-state index < -0.39 is 0 Å². The lowest BCUT2D eigenvalue weighted by atomic mass is 10.1. The summed E-state index contributed by atoms with van der Waals surface area (Å²) in [6.45, 7) is 3.76. The first-order chi connectivity index (χ1) is 10.7. The van der Waals surface area contributed by atoms with E-state index in [2.05, 4.69) is 12.2 Å². The summed E-state index contributed by atoms with van der Waals surface area (Å²) < 4.78 is 5.72. The Morgan fingerprint density at radius 3 is 2.95 bits per heavy atom. The number of nitrogens with one attached hydrogen (secondary N) is 1. The van der Waals surface area contributed by atoms with Gasteiger partial charge in [0.2, 0.25) is 0 Å². The van der Waals surface area contributed by atoms with E-state index in [-0.39, 0.29) is 18.2 Å². The van der Waals surface area contributed by atoms with Gasteiger partial charge in [0, 0.05) is 11.1 Å². The van der Waals surface area contributed by atoms with E-state index in [1.54, 1.807) is 0 Å². The second kappa shape index (κ2) is 6.16. The first kappa shape index (κ1) is 15.2. The Balaban J connectivity index is 1.70. The van der Waals surface area contributed by atoms with Crippen molar-refractivity contribution in [3.05, 3.63) is 29.3 Å². The number of rotatable bonds is 4. The lowest BCUT2D eigenvalue weighted by Crippen LogP contribution is -2.46. The van der Waals surface area contributed by atoms with Crippen LogP contribution >= 0.6 is 0 Å². The Labute approximate surface area is 131 Å². The molecule has 1 heterocycles. The van der Waals surface area contributed by atoms with Crippen LogP contribution in [0.1, 0.15) is 43.7 Å². The fourth-order valence-corrected chi connectivity index (χ4v) is 3.09. The van der Waals surface area contributed by atoms with Gasteiger partial charge >= 0.3 is 6.03 Å². The molecule has 0 radical (unpaired) electrons. The molecular formula is C17H24N2O3. The standard InChI is InChI=1S/C17H24N2O3/c1-2-5-17(6-7-17)18-16(21)19-8-9-22-15-4-3-13(12-20)10-14(15)11-19/h3-4,10,20H,2,5-9,11-12H2,1H3,(H,18,21). The van der Waals surface area contributed by atoms with Gasteiger partial charge < -0.3 is 20.1 Å². The largest absolute Gasteiger partial charge is 0.491 e. The molecule has 5 nitrogen and oxygen atoms in total. The number of nitrogens with zero attached hydrogens (tertiary/aromatic N) is 1. The fourth-order valence-electron chi connectivity index (χ4n) is 3.09. The van der Waals surface area contributed by atoms with Crippen molar-refractivity contribution < 1.29 is 14.6 Å². The van der Waals surface area contributed by atoms with E-state index in [9.17, 15) is 9.90 Å². The van der Waals surface area contributed by atoms with Gasteiger partial charge in [0.15, 0.2) is 0 Å². The quantitative estimate of drug-likeness (QED) is 0.898. The number of hydrogen-bond acceptors (Lipinski definition) is 3. The molecule has 3 rings (SSSR count). The van der Waals surface area contributed by atoms with E-state index in [1.807, 2.05) is 23.1 Å². The highest BCUT2D eigenvalue weighted by Gasteiger charge is 2.43. The monoisotopic (exact) mass is 304 g/mol. The molecule has 0 unspecified atom stereocenters. The zero-order valence-electron chi connectivity index (χ0n) is 13.1. The number of fused-ring (bicyclic) bond motifs is 1. The molecular weight excluding hydrogens is 280 g/mol. The summed E-state index contributed by atoms with van der Waals surface area (Å²) in [6.07, 6.45) is 4.31. The van der Waals surface area contributed by atoms with Crippen LogP contribution < -0.4 is 10.1 Å². The molecule has 1 aromatic carbocycles. The van der Waals surface area contributed by atoms with Crippen molar-refractivity contribution in [2.75, 3.05) is 13.2 Å². The first-order valence-corrected chi connectivity index (χ1v) is 8.08. The molecule has 120 valence electrons. The lowest BCUT2D eigenvalue weighted by Gasteiger charge is -2.25. The van der Waals surface area contributed by atoms with E-state index in [0.29, 0.717) is 19.7 Å². The highest BCUT2D eigenvalue weighted by Crippen LogP contribution is 2.39. The molecule has 0 atom stereocenters. The van der Waals surface area contributed by atoms with Crippen molar-refractivity contribution in [2.45, 2.75) is 51.3 Å². The number of carbonyl (C=O) groups excluding carboxylic acids is 1. The molecule has 1 aromatic rings. The van der Waals surface area contributed by atoms with Crippen LogP contribution in [0.2, 0.25) is 0 Å². The number of aliphatic hydroxyl groups excluding tert-OH is 1. The second-order valence-corrected chi connectivity index (χ2v) is 6.33. The number of ether oxygens (including phenoxy) is 1. The minimum absolute atomic E-state index is 0.000905. The van der Waals surface area contributed by atoms with Crippen LogP contribution in [-0.2, 0) is 13.2 Å². The summed E-state index contributed by atoms with van der Waals surface area (Å²) >= 11 is 0. The zero-order valence-corrected chi connectivity index (χ0v) is 13.1.